The van der Waals surface area contributed by atoms with Crippen molar-refractivity contribution in [1.29, 1.82) is 0 Å². The summed E-state index contributed by atoms with van der Waals surface area (Å²) in [6, 6.07) is 5.40. The summed E-state index contributed by atoms with van der Waals surface area (Å²) in [6.45, 7) is 9.34. The Morgan fingerprint density at radius 2 is 1.92 bits per heavy atom. The molecule has 0 radical (unpaired) electrons. The van der Waals surface area contributed by atoms with E-state index in [2.05, 4.69) is 4.90 Å². The number of piperazine rings is 1. The number of ether oxygens (including phenoxy) is 2. The molecule has 1 heterocycles. The number of rotatable bonds is 2. The third-order valence-electron chi connectivity index (χ3n) is 4.05. The van der Waals surface area contributed by atoms with E-state index >= 15 is 0 Å². The molecule has 1 aliphatic rings. The zero-order valence-corrected chi connectivity index (χ0v) is 15.5. The van der Waals surface area contributed by atoms with Gasteiger partial charge >= 0.3 is 12.1 Å². The Hall–Kier alpha value is -2.44. The topological polar surface area (TPSA) is 85.1 Å². The quantitative estimate of drug-likeness (QED) is 0.652. The van der Waals surface area contributed by atoms with Gasteiger partial charge in [0.25, 0.3) is 0 Å². The smallest absolute Gasteiger partial charge is 0.410 e. The number of methoxy groups -OCH3 is 1. The van der Waals surface area contributed by atoms with Crippen LogP contribution in [-0.2, 0) is 9.47 Å². The monoisotopic (exact) mass is 349 g/mol. The minimum absolute atomic E-state index is 0.0791. The predicted octanol–water partition coefficient (Wildman–Crippen LogP) is 2.50. The molecule has 0 unspecified atom stereocenters. The molecule has 1 amide bonds. The van der Waals surface area contributed by atoms with E-state index in [1.165, 1.54) is 7.11 Å². The summed E-state index contributed by atoms with van der Waals surface area (Å²) in [4.78, 5) is 27.9. The number of nitrogens with zero attached hydrogens (tertiary/aromatic N) is 2. The van der Waals surface area contributed by atoms with Gasteiger partial charge in [0.05, 0.1) is 12.7 Å². The maximum absolute atomic E-state index is 12.2. The Morgan fingerprint density at radius 3 is 2.48 bits per heavy atom. The maximum atomic E-state index is 12.2. The lowest BCUT2D eigenvalue weighted by atomic mass is 10.1. The largest absolute Gasteiger partial charge is 0.465 e. The van der Waals surface area contributed by atoms with Crippen LogP contribution in [0.3, 0.4) is 0 Å². The van der Waals surface area contributed by atoms with E-state index in [1.54, 1.807) is 17.0 Å². The zero-order valence-electron chi connectivity index (χ0n) is 15.5. The number of hydrogen-bond acceptors (Lipinski definition) is 6. The van der Waals surface area contributed by atoms with Gasteiger partial charge in [-0.15, -0.1) is 0 Å². The number of nitrogens with two attached hydrogens (primary N) is 1. The Morgan fingerprint density at radius 1 is 1.24 bits per heavy atom. The van der Waals surface area contributed by atoms with Gasteiger partial charge in [0.15, 0.2) is 0 Å². The number of carbonyl (C=O) groups is 2. The first-order valence-electron chi connectivity index (χ1n) is 8.35. The minimum Gasteiger partial charge on any atom is -0.465 e. The van der Waals surface area contributed by atoms with Crippen molar-refractivity contribution in [1.82, 2.24) is 4.90 Å². The van der Waals surface area contributed by atoms with Crippen LogP contribution < -0.4 is 10.6 Å². The molecule has 0 saturated carbocycles. The molecule has 1 aromatic rings. The van der Waals surface area contributed by atoms with Crippen LogP contribution in [0.4, 0.5) is 16.2 Å². The molecular formula is C18H27N3O4. The molecule has 1 atom stereocenters. The molecule has 0 aromatic heterocycles. The molecule has 2 N–H and O–H groups in total. The van der Waals surface area contributed by atoms with Gasteiger partial charge in [0.1, 0.15) is 5.60 Å². The van der Waals surface area contributed by atoms with Crippen LogP contribution in [0.1, 0.15) is 38.1 Å². The van der Waals surface area contributed by atoms with Gasteiger partial charge < -0.3 is 25.0 Å². The molecule has 1 aromatic carbocycles. The lowest BCUT2D eigenvalue weighted by Crippen LogP contribution is -2.54. The van der Waals surface area contributed by atoms with Crippen LogP contribution in [0.5, 0.6) is 0 Å². The van der Waals surface area contributed by atoms with E-state index < -0.39 is 11.6 Å². The zero-order chi connectivity index (χ0) is 18.8. The van der Waals surface area contributed by atoms with Crippen LogP contribution in [0, 0.1) is 0 Å². The van der Waals surface area contributed by atoms with Crippen LogP contribution in [0.2, 0.25) is 0 Å². The summed E-state index contributed by atoms with van der Waals surface area (Å²) in [5.74, 6) is -0.459. The van der Waals surface area contributed by atoms with Gasteiger partial charge in [0.2, 0.25) is 0 Å². The molecule has 138 valence electrons. The summed E-state index contributed by atoms with van der Waals surface area (Å²) in [6.07, 6.45) is -0.299. The highest BCUT2D eigenvalue weighted by atomic mass is 16.6. The number of hydrogen-bond donors (Lipinski definition) is 1. The van der Waals surface area contributed by atoms with E-state index in [9.17, 15) is 9.59 Å². The van der Waals surface area contributed by atoms with E-state index in [-0.39, 0.29) is 12.1 Å². The fourth-order valence-electron chi connectivity index (χ4n) is 2.84. The van der Waals surface area contributed by atoms with Gasteiger partial charge in [-0.3, -0.25) is 0 Å². The van der Waals surface area contributed by atoms with E-state index in [0.717, 1.165) is 5.69 Å². The molecule has 1 fully saturated rings. The van der Waals surface area contributed by atoms with Crippen LogP contribution in [0.25, 0.3) is 0 Å². The fourth-order valence-corrected chi connectivity index (χ4v) is 2.84. The first-order valence-corrected chi connectivity index (χ1v) is 8.35. The van der Waals surface area contributed by atoms with Crippen LogP contribution >= 0.6 is 0 Å². The first kappa shape index (κ1) is 18.9. The van der Waals surface area contributed by atoms with Crippen molar-refractivity contribution < 1.29 is 19.1 Å². The standard InChI is InChI=1S/C18H27N3O4/c1-12-11-20(17(23)25-18(2,3)4)8-9-21(12)13-6-7-15(19)14(10-13)16(22)24-5/h6-7,10,12H,8-9,11,19H2,1-5H3/t12-/m0/s1. The summed E-state index contributed by atoms with van der Waals surface area (Å²) in [5, 5.41) is 0. The first-order chi connectivity index (χ1) is 11.6. The van der Waals surface area contributed by atoms with Crippen molar-refractivity contribution in [3.63, 3.8) is 0 Å². The van der Waals surface area contributed by atoms with Crippen molar-refractivity contribution >= 4 is 23.4 Å². The second-order valence-corrected chi connectivity index (χ2v) is 7.23. The summed E-state index contributed by atoms with van der Waals surface area (Å²) in [5.41, 5.74) is 6.97. The van der Waals surface area contributed by atoms with Crippen LogP contribution in [-0.4, -0.2) is 55.3 Å². The van der Waals surface area contributed by atoms with Gasteiger partial charge in [-0.05, 0) is 45.9 Å². The van der Waals surface area contributed by atoms with Gasteiger partial charge in [-0.25, -0.2) is 9.59 Å². The van der Waals surface area contributed by atoms with E-state index in [1.807, 2.05) is 33.8 Å². The lowest BCUT2D eigenvalue weighted by Gasteiger charge is -2.41. The minimum atomic E-state index is -0.510. The molecule has 25 heavy (non-hydrogen) atoms. The molecule has 7 heteroatoms. The van der Waals surface area contributed by atoms with Gasteiger partial charge in [-0.1, -0.05) is 0 Å². The number of carbonyl (C=O) groups excluding carboxylic acids is 2. The number of amides is 1. The predicted molar refractivity (Wildman–Crippen MR) is 96.8 cm³/mol. The summed E-state index contributed by atoms with van der Waals surface area (Å²) < 4.78 is 10.2. The van der Waals surface area contributed by atoms with Crippen molar-refractivity contribution in [3.05, 3.63) is 23.8 Å². The lowest BCUT2D eigenvalue weighted by molar-refractivity contribution is 0.0218. The van der Waals surface area contributed by atoms with E-state index in [4.69, 9.17) is 15.2 Å². The average molecular weight is 349 g/mol. The molecule has 1 saturated heterocycles. The third-order valence-corrected chi connectivity index (χ3v) is 4.05. The average Bonchev–Trinajstić information content (AvgIpc) is 2.53. The highest BCUT2D eigenvalue weighted by Crippen LogP contribution is 2.26. The molecule has 1 aliphatic heterocycles. The van der Waals surface area contributed by atoms with Gasteiger partial charge in [0, 0.05) is 37.1 Å². The van der Waals surface area contributed by atoms with Crippen LogP contribution in [0.15, 0.2) is 18.2 Å². The molecule has 0 bridgehead atoms. The molecule has 0 spiro atoms. The number of esters is 1. The summed E-state index contributed by atoms with van der Waals surface area (Å²) in [7, 11) is 1.33. The van der Waals surface area contributed by atoms with Crippen molar-refractivity contribution in [2.24, 2.45) is 0 Å². The Bertz CT molecular complexity index is 654. The Kier molecular flexibility index (Phi) is 5.45. The summed E-state index contributed by atoms with van der Waals surface area (Å²) >= 11 is 0. The highest BCUT2D eigenvalue weighted by Gasteiger charge is 2.30. The Balaban J connectivity index is 2.11. The second-order valence-electron chi connectivity index (χ2n) is 7.23. The highest BCUT2D eigenvalue weighted by molar-refractivity contribution is 5.96. The van der Waals surface area contributed by atoms with Gasteiger partial charge in [-0.2, -0.15) is 0 Å². The third kappa shape index (κ3) is 4.55. The molecule has 0 aliphatic carbocycles. The SMILES string of the molecule is COC(=O)c1cc(N2CCN(C(=O)OC(C)(C)C)C[C@@H]2C)ccc1N. The molecule has 2 rings (SSSR count). The second kappa shape index (κ2) is 7.21. The number of anilines is 2. The molecule has 7 nitrogen and oxygen atoms in total. The maximum Gasteiger partial charge on any atom is 0.410 e. The van der Waals surface area contributed by atoms with E-state index in [0.29, 0.717) is 30.9 Å². The number of nitrogen functional groups attached to an aromatic ring is 1. The normalized spacial score (nSPS) is 18.0. The van der Waals surface area contributed by atoms with Crippen molar-refractivity contribution in [2.75, 3.05) is 37.4 Å². The number of benzene rings is 1. The Labute approximate surface area is 148 Å². The van der Waals surface area contributed by atoms with Crippen molar-refractivity contribution in [2.45, 2.75) is 39.3 Å². The molecular weight excluding hydrogens is 322 g/mol. The van der Waals surface area contributed by atoms with Crippen molar-refractivity contribution in [3.8, 4) is 0 Å². The fraction of sp³-hybridized carbons (Fsp3) is 0.556.